The van der Waals surface area contributed by atoms with Crippen LogP contribution in [0.5, 0.6) is 0 Å². The van der Waals surface area contributed by atoms with Gasteiger partial charge in [-0.2, -0.15) is 0 Å². The third-order valence-electron chi connectivity index (χ3n) is 7.12. The summed E-state index contributed by atoms with van der Waals surface area (Å²) >= 11 is 0. The first-order chi connectivity index (χ1) is 17.8. The van der Waals surface area contributed by atoms with Crippen molar-refractivity contribution in [3.8, 4) is 0 Å². The topological polar surface area (TPSA) is 129 Å². The fourth-order valence-electron chi connectivity index (χ4n) is 4.86. The van der Waals surface area contributed by atoms with Gasteiger partial charge in [0, 0.05) is 44.1 Å². The van der Waals surface area contributed by atoms with Crippen molar-refractivity contribution < 1.29 is 34.4 Å². The molecule has 1 amide bonds. The lowest BCUT2D eigenvalue weighted by molar-refractivity contribution is -0.276. The van der Waals surface area contributed by atoms with E-state index in [1.54, 1.807) is 0 Å². The fourth-order valence-corrected chi connectivity index (χ4v) is 4.86. The van der Waals surface area contributed by atoms with Crippen LogP contribution in [-0.2, 0) is 32.2 Å². The highest BCUT2D eigenvalue weighted by atomic mass is 16.7. The van der Waals surface area contributed by atoms with Crippen molar-refractivity contribution in [3.05, 3.63) is 70.8 Å². The zero-order valence-corrected chi connectivity index (χ0v) is 21.1. The number of hydrogen-bond donors (Lipinski definition) is 4. The van der Waals surface area contributed by atoms with Crippen molar-refractivity contribution >= 4 is 11.9 Å². The number of hydrogen-bond acceptors (Lipinski definition) is 7. The van der Waals surface area contributed by atoms with Crippen molar-refractivity contribution in [3.63, 3.8) is 0 Å². The van der Waals surface area contributed by atoms with Gasteiger partial charge >= 0.3 is 5.97 Å². The summed E-state index contributed by atoms with van der Waals surface area (Å²) in [5.74, 6) is -1.23. The number of nitrogens with one attached hydrogen (secondary N) is 1. The number of nitrogens with zero attached hydrogens (tertiary/aromatic N) is 1. The Labute approximate surface area is 217 Å². The van der Waals surface area contributed by atoms with Gasteiger partial charge in [0.25, 0.3) is 0 Å². The van der Waals surface area contributed by atoms with Gasteiger partial charge in [-0.15, -0.1) is 0 Å². The first-order valence-corrected chi connectivity index (χ1v) is 12.8. The quantitative estimate of drug-likeness (QED) is 0.382. The molecular formula is C28H36N2O7. The lowest BCUT2D eigenvalue weighted by Gasteiger charge is -2.42. The van der Waals surface area contributed by atoms with E-state index in [1.807, 2.05) is 48.5 Å². The molecule has 2 aliphatic heterocycles. The Morgan fingerprint density at radius 1 is 1.00 bits per heavy atom. The maximum atomic E-state index is 11.8. The van der Waals surface area contributed by atoms with Gasteiger partial charge in [-0.1, -0.05) is 55.5 Å². The molecule has 9 heteroatoms. The number of ether oxygens (including phenoxy) is 2. The number of aliphatic carboxylic acids is 1. The molecule has 0 saturated carbocycles. The minimum atomic E-state index is -0.997. The van der Waals surface area contributed by atoms with Crippen molar-refractivity contribution in [1.29, 1.82) is 0 Å². The number of aliphatic hydroxyl groups is 2. The molecule has 4 N–H and O–H groups in total. The number of carbonyl (C=O) groups excluding carboxylic acids is 1. The number of amides is 1. The Kier molecular flexibility index (Phi) is 9.28. The van der Waals surface area contributed by atoms with Gasteiger partial charge in [-0.3, -0.25) is 14.5 Å². The summed E-state index contributed by atoms with van der Waals surface area (Å²) in [6, 6.07) is 15.4. The first kappa shape index (κ1) is 27.2. The third-order valence-corrected chi connectivity index (χ3v) is 7.12. The van der Waals surface area contributed by atoms with Crippen LogP contribution in [-0.4, -0.2) is 63.9 Å². The van der Waals surface area contributed by atoms with Crippen LogP contribution in [0, 0.1) is 5.92 Å². The predicted octanol–water partition coefficient (Wildman–Crippen LogP) is 2.52. The van der Waals surface area contributed by atoms with E-state index in [9.17, 15) is 19.8 Å². The van der Waals surface area contributed by atoms with Crippen molar-refractivity contribution in [1.82, 2.24) is 10.2 Å². The minimum absolute atomic E-state index is 0.0145. The van der Waals surface area contributed by atoms with Gasteiger partial charge in [0.15, 0.2) is 6.29 Å². The van der Waals surface area contributed by atoms with Crippen LogP contribution in [0.25, 0.3) is 0 Å². The average Bonchev–Trinajstić information content (AvgIpc) is 3.32. The standard InChI is InChI=1S/C28H36N2O7/c1-18-24(16-30-13-12-23(32)15-30)36-28(37-27(18)21-6-4-20(17-31)5-7-21)22-8-2-19(3-9-22)14-29-25(33)10-11-26(34)35/h2-9,18,23-24,27-28,31-32H,10-17H2,1H3,(H,29,33)(H,34,35). The second-order valence-corrected chi connectivity index (χ2v) is 9.94. The Hall–Kier alpha value is -2.82. The van der Waals surface area contributed by atoms with Crippen molar-refractivity contribution in [2.75, 3.05) is 19.6 Å². The van der Waals surface area contributed by atoms with Crippen LogP contribution in [0.15, 0.2) is 48.5 Å². The highest BCUT2D eigenvalue weighted by Gasteiger charge is 2.39. The second-order valence-electron chi connectivity index (χ2n) is 9.94. The SMILES string of the molecule is CC1C(CN2CCC(O)C2)OC(c2ccc(CNC(=O)CCC(=O)O)cc2)OC1c1ccc(CO)cc1. The molecule has 37 heavy (non-hydrogen) atoms. The molecule has 0 bridgehead atoms. The average molecular weight is 513 g/mol. The van der Waals surface area contributed by atoms with Gasteiger partial charge in [0.2, 0.25) is 5.91 Å². The number of benzene rings is 2. The van der Waals surface area contributed by atoms with E-state index in [4.69, 9.17) is 14.6 Å². The zero-order chi connectivity index (χ0) is 26.4. The van der Waals surface area contributed by atoms with E-state index in [0.29, 0.717) is 19.6 Å². The molecule has 9 nitrogen and oxygen atoms in total. The predicted molar refractivity (Wildman–Crippen MR) is 135 cm³/mol. The second kappa shape index (κ2) is 12.6. The van der Waals surface area contributed by atoms with Crippen LogP contribution in [0.4, 0.5) is 0 Å². The molecule has 0 aliphatic carbocycles. The molecule has 2 fully saturated rings. The molecule has 2 saturated heterocycles. The summed E-state index contributed by atoms with van der Waals surface area (Å²) in [6.45, 7) is 4.59. The van der Waals surface area contributed by atoms with E-state index in [2.05, 4.69) is 17.1 Å². The zero-order valence-electron chi connectivity index (χ0n) is 21.1. The van der Waals surface area contributed by atoms with Crippen LogP contribution in [0.3, 0.4) is 0 Å². The van der Waals surface area contributed by atoms with E-state index in [-0.39, 0.29) is 49.6 Å². The third kappa shape index (κ3) is 7.37. The first-order valence-electron chi connectivity index (χ1n) is 12.8. The number of likely N-dealkylation sites (tertiary alicyclic amines) is 1. The number of carboxylic acid groups (broad SMARTS) is 1. The number of aliphatic hydroxyl groups excluding tert-OH is 2. The lowest BCUT2D eigenvalue weighted by atomic mass is 9.90. The molecule has 2 aromatic rings. The van der Waals surface area contributed by atoms with Gasteiger partial charge in [-0.05, 0) is 23.1 Å². The fraction of sp³-hybridized carbons (Fsp3) is 0.500. The molecule has 5 unspecified atom stereocenters. The Balaban J connectivity index is 1.46. The monoisotopic (exact) mass is 512 g/mol. The summed E-state index contributed by atoms with van der Waals surface area (Å²) < 4.78 is 12.9. The molecular weight excluding hydrogens is 476 g/mol. The summed E-state index contributed by atoms with van der Waals surface area (Å²) in [7, 11) is 0. The van der Waals surface area contributed by atoms with Crippen LogP contribution >= 0.6 is 0 Å². The van der Waals surface area contributed by atoms with Crippen molar-refractivity contribution in [2.24, 2.45) is 5.92 Å². The van der Waals surface area contributed by atoms with Gasteiger partial charge in [0.05, 0.1) is 31.3 Å². The summed E-state index contributed by atoms with van der Waals surface area (Å²) in [5, 5.41) is 30.9. The lowest BCUT2D eigenvalue weighted by Crippen LogP contribution is -2.44. The van der Waals surface area contributed by atoms with Gasteiger partial charge < -0.3 is 30.1 Å². The van der Waals surface area contributed by atoms with E-state index in [1.165, 1.54) is 0 Å². The molecule has 5 atom stereocenters. The molecule has 0 radical (unpaired) electrons. The van der Waals surface area contributed by atoms with Gasteiger partial charge in [0.1, 0.15) is 0 Å². The number of carboxylic acids is 1. The van der Waals surface area contributed by atoms with Crippen molar-refractivity contribution in [2.45, 2.75) is 63.9 Å². The van der Waals surface area contributed by atoms with Gasteiger partial charge in [-0.25, -0.2) is 0 Å². The molecule has 2 aliphatic rings. The molecule has 4 rings (SSSR count). The normalized spacial score (nSPS) is 26.2. The summed E-state index contributed by atoms with van der Waals surface area (Å²) in [4.78, 5) is 24.7. The minimum Gasteiger partial charge on any atom is -0.481 e. The summed E-state index contributed by atoms with van der Waals surface area (Å²) in [6.07, 6.45) is -0.689. The maximum Gasteiger partial charge on any atom is 0.303 e. The van der Waals surface area contributed by atoms with Crippen LogP contribution in [0.1, 0.15) is 60.8 Å². The molecule has 0 spiro atoms. The smallest absolute Gasteiger partial charge is 0.303 e. The van der Waals surface area contributed by atoms with Crippen LogP contribution < -0.4 is 5.32 Å². The van der Waals surface area contributed by atoms with E-state index >= 15 is 0 Å². The highest BCUT2D eigenvalue weighted by Crippen LogP contribution is 2.42. The molecule has 200 valence electrons. The molecule has 2 aromatic carbocycles. The molecule has 2 heterocycles. The van der Waals surface area contributed by atoms with E-state index < -0.39 is 12.3 Å². The largest absolute Gasteiger partial charge is 0.481 e. The Bertz CT molecular complexity index is 1040. The Morgan fingerprint density at radius 3 is 2.30 bits per heavy atom. The highest BCUT2D eigenvalue weighted by molar-refractivity contribution is 5.80. The number of rotatable bonds is 10. The maximum absolute atomic E-state index is 11.8. The molecule has 0 aromatic heterocycles. The Morgan fingerprint density at radius 2 is 1.68 bits per heavy atom. The number of β-amino-alcohol motifs (C(OH)–C–C–N with tert-alkyl or cyclic N) is 1. The summed E-state index contributed by atoms with van der Waals surface area (Å²) in [5.41, 5.74) is 3.60. The number of carbonyl (C=O) groups is 2. The van der Waals surface area contributed by atoms with Crippen LogP contribution in [0.2, 0.25) is 0 Å². The van der Waals surface area contributed by atoms with E-state index in [0.717, 1.165) is 35.2 Å².